The predicted octanol–water partition coefficient (Wildman–Crippen LogP) is 3.51. The van der Waals surface area contributed by atoms with Crippen molar-refractivity contribution in [2.45, 2.75) is 18.9 Å². The molecule has 0 bridgehead atoms. The van der Waals surface area contributed by atoms with E-state index < -0.39 is 23.8 Å². The van der Waals surface area contributed by atoms with Crippen molar-refractivity contribution in [3.8, 4) is 28.2 Å². The van der Waals surface area contributed by atoms with Gasteiger partial charge < -0.3 is 21.0 Å². The molecule has 0 saturated carbocycles. The van der Waals surface area contributed by atoms with E-state index in [2.05, 4.69) is 35.5 Å². The highest BCUT2D eigenvalue weighted by molar-refractivity contribution is 6.31. The predicted molar refractivity (Wildman–Crippen MR) is 159 cm³/mol. The molecule has 0 aliphatic carbocycles. The number of nitrogens with two attached hydrogens (primary N) is 2. The molecule has 0 unspecified atom stereocenters. The Hall–Kier alpha value is -5.83. The first-order valence-corrected chi connectivity index (χ1v) is 13.7. The number of carbonyl (C=O) groups excluding carboxylic acids is 1. The molecule has 7 rings (SSSR count). The minimum Gasteiger partial charge on any atom is -0.384 e. The number of hydrogen-bond acceptors (Lipinski definition) is 9. The number of nitrogens with zero attached hydrogens (tertiary/aromatic N) is 8. The number of rotatable bonds is 5. The summed E-state index contributed by atoms with van der Waals surface area (Å²) in [5, 5.41) is 11.8. The quantitative estimate of drug-likeness (QED) is 0.240. The van der Waals surface area contributed by atoms with Gasteiger partial charge in [-0.15, -0.1) is 5.10 Å². The number of H-pyrrole nitrogens is 1. The molecule has 1 aromatic carbocycles. The molecule has 13 nitrogen and oxygen atoms in total. The Labute approximate surface area is 257 Å². The number of aryl methyl sites for hydroxylation is 1. The zero-order valence-electron chi connectivity index (χ0n) is 23.1. The summed E-state index contributed by atoms with van der Waals surface area (Å²) in [6.45, 7) is 0. The Balaban J connectivity index is 0.000000343. The molecule has 45 heavy (non-hydrogen) atoms. The number of nitrogen functional groups attached to an aromatic ring is 1. The van der Waals surface area contributed by atoms with Crippen LogP contribution in [0.3, 0.4) is 0 Å². The highest BCUT2D eigenvalue weighted by atomic mass is 35.5. The van der Waals surface area contributed by atoms with Crippen LogP contribution in [-0.4, -0.2) is 50.6 Å². The molecule has 1 aliphatic heterocycles. The standard InChI is InChI=1S/C23H16ClF2N9O.C6H6N2O/c24-12-1-4-16(34-10-28-32-33-34)15(9-12)11-7-13-2-5-17(35(13)19(36)8-11)20-22(26)31-23(30-20)14-3-6-18(27)29-21(14)25;7-6(9)5-2-1-3-8-4-5/h1,3-4,6-10,17H,2,5H2,(H2,27,29)(H,30,31);1-4H,(H2,7,9)/t17-;/m0./s1. The summed E-state index contributed by atoms with van der Waals surface area (Å²) in [4.78, 5) is 37.6. The maximum atomic E-state index is 14.9. The van der Waals surface area contributed by atoms with Gasteiger partial charge in [0.2, 0.25) is 17.8 Å². The molecule has 226 valence electrons. The third-order valence-electron chi connectivity index (χ3n) is 7.09. The molecule has 6 aromatic rings. The number of anilines is 1. The zero-order chi connectivity index (χ0) is 31.7. The molecule has 0 saturated heterocycles. The molecular weight excluding hydrogens is 608 g/mol. The Morgan fingerprint density at radius 3 is 2.58 bits per heavy atom. The van der Waals surface area contributed by atoms with Crippen LogP contribution in [0.1, 0.15) is 34.2 Å². The van der Waals surface area contributed by atoms with E-state index in [9.17, 15) is 18.4 Å². The number of primary amides is 1. The minimum atomic E-state index is -0.871. The van der Waals surface area contributed by atoms with Crippen LogP contribution in [0.2, 0.25) is 5.02 Å². The average molecular weight is 630 g/mol. The van der Waals surface area contributed by atoms with Crippen LogP contribution in [0.5, 0.6) is 0 Å². The number of benzene rings is 1. The van der Waals surface area contributed by atoms with Crippen molar-refractivity contribution in [3.63, 3.8) is 0 Å². The summed E-state index contributed by atoms with van der Waals surface area (Å²) < 4.78 is 32.2. The van der Waals surface area contributed by atoms with E-state index in [0.717, 1.165) is 0 Å². The van der Waals surface area contributed by atoms with Crippen molar-refractivity contribution in [1.82, 2.24) is 44.7 Å². The van der Waals surface area contributed by atoms with Gasteiger partial charge in [0.05, 0.1) is 28.6 Å². The fourth-order valence-electron chi connectivity index (χ4n) is 5.08. The first-order valence-electron chi connectivity index (χ1n) is 13.4. The number of amides is 1. The van der Waals surface area contributed by atoms with Gasteiger partial charge >= 0.3 is 0 Å². The van der Waals surface area contributed by atoms with E-state index in [4.69, 9.17) is 23.1 Å². The fourth-order valence-corrected chi connectivity index (χ4v) is 5.25. The van der Waals surface area contributed by atoms with Crippen LogP contribution in [0, 0.1) is 11.9 Å². The van der Waals surface area contributed by atoms with E-state index in [1.54, 1.807) is 36.5 Å². The average Bonchev–Trinajstić information content (AvgIpc) is 3.78. The Bertz CT molecular complexity index is 2080. The SMILES string of the molecule is NC(=O)c1cccnc1.Nc1ccc(-c2nc(F)c([C@@H]3CCc4cc(-c5cc(Cl)ccc5-n5cnnn5)cc(=O)n43)[nH]2)c(F)n1. The second-order valence-electron chi connectivity index (χ2n) is 9.88. The number of pyridine rings is 3. The summed E-state index contributed by atoms with van der Waals surface area (Å²) in [6, 6.07) is 13.9. The van der Waals surface area contributed by atoms with E-state index >= 15 is 0 Å². The van der Waals surface area contributed by atoms with Crippen molar-refractivity contribution < 1.29 is 13.6 Å². The lowest BCUT2D eigenvalue weighted by molar-refractivity contribution is 0.1000. The lowest BCUT2D eigenvalue weighted by Crippen LogP contribution is -2.24. The van der Waals surface area contributed by atoms with Crippen molar-refractivity contribution >= 4 is 23.3 Å². The smallest absolute Gasteiger partial charge is 0.251 e. The lowest BCUT2D eigenvalue weighted by Gasteiger charge is -2.15. The number of aromatic nitrogens is 9. The molecule has 5 aromatic heterocycles. The lowest BCUT2D eigenvalue weighted by atomic mass is 10.0. The maximum absolute atomic E-state index is 14.9. The van der Waals surface area contributed by atoms with Gasteiger partial charge in [0.1, 0.15) is 18.0 Å². The van der Waals surface area contributed by atoms with Crippen LogP contribution < -0.4 is 17.0 Å². The number of imidazole rings is 1. The van der Waals surface area contributed by atoms with Gasteiger partial charge in [0.15, 0.2) is 0 Å². The number of hydrogen-bond donors (Lipinski definition) is 3. The highest BCUT2D eigenvalue weighted by Gasteiger charge is 2.30. The molecule has 0 radical (unpaired) electrons. The number of carbonyl (C=O) groups is 1. The summed E-state index contributed by atoms with van der Waals surface area (Å²) in [7, 11) is 0. The van der Waals surface area contributed by atoms with Gasteiger partial charge in [-0.2, -0.15) is 18.4 Å². The molecule has 5 N–H and O–H groups in total. The van der Waals surface area contributed by atoms with Crippen molar-refractivity contribution in [1.29, 1.82) is 0 Å². The largest absolute Gasteiger partial charge is 0.384 e. The monoisotopic (exact) mass is 629 g/mol. The Kier molecular flexibility index (Phi) is 7.83. The molecule has 1 aliphatic rings. The van der Waals surface area contributed by atoms with Gasteiger partial charge in [0.25, 0.3) is 5.56 Å². The van der Waals surface area contributed by atoms with Crippen LogP contribution in [-0.2, 0) is 6.42 Å². The topological polar surface area (TPSA) is 189 Å². The number of fused-ring (bicyclic) bond motifs is 1. The van der Waals surface area contributed by atoms with Crippen molar-refractivity contribution in [2.75, 3.05) is 5.73 Å². The first kappa shape index (κ1) is 29.3. The fraction of sp³-hybridized carbons (Fsp3) is 0.103. The highest BCUT2D eigenvalue weighted by Crippen LogP contribution is 2.35. The summed E-state index contributed by atoms with van der Waals surface area (Å²) >= 11 is 6.24. The Morgan fingerprint density at radius 1 is 1.04 bits per heavy atom. The first-order chi connectivity index (χ1) is 21.7. The van der Waals surface area contributed by atoms with Crippen LogP contribution in [0.15, 0.2) is 78.1 Å². The van der Waals surface area contributed by atoms with Crippen molar-refractivity contribution in [3.05, 3.63) is 118 Å². The summed E-state index contributed by atoms with van der Waals surface area (Å²) in [5.41, 5.74) is 13.3. The molecule has 0 spiro atoms. The third-order valence-corrected chi connectivity index (χ3v) is 7.32. The zero-order valence-corrected chi connectivity index (χ0v) is 23.9. The number of halogens is 3. The van der Waals surface area contributed by atoms with Gasteiger partial charge in [-0.05, 0) is 77.4 Å². The third kappa shape index (κ3) is 5.88. The molecule has 1 atom stereocenters. The van der Waals surface area contributed by atoms with E-state index in [1.807, 2.05) is 6.07 Å². The van der Waals surface area contributed by atoms with Gasteiger partial charge in [-0.25, -0.2) is 4.98 Å². The van der Waals surface area contributed by atoms with Crippen LogP contribution in [0.4, 0.5) is 14.6 Å². The van der Waals surface area contributed by atoms with Gasteiger partial charge in [-0.3, -0.25) is 14.6 Å². The maximum Gasteiger partial charge on any atom is 0.251 e. The second kappa shape index (κ2) is 12.0. The van der Waals surface area contributed by atoms with E-state index in [-0.39, 0.29) is 28.5 Å². The van der Waals surface area contributed by atoms with Gasteiger partial charge in [0, 0.05) is 34.7 Å². The number of aromatic amines is 1. The second-order valence-corrected chi connectivity index (χ2v) is 10.3. The van der Waals surface area contributed by atoms with Gasteiger partial charge in [-0.1, -0.05) is 11.6 Å². The Morgan fingerprint density at radius 2 is 1.89 bits per heavy atom. The summed E-state index contributed by atoms with van der Waals surface area (Å²) in [5.74, 6) is -2.16. The number of tetrazole rings is 1. The molecule has 0 fully saturated rings. The van der Waals surface area contributed by atoms with Crippen LogP contribution >= 0.6 is 11.6 Å². The summed E-state index contributed by atoms with van der Waals surface area (Å²) in [6.07, 6.45) is 5.44. The normalized spacial score (nSPS) is 13.6. The van der Waals surface area contributed by atoms with Crippen molar-refractivity contribution in [2.24, 2.45) is 5.73 Å². The molecule has 1 amide bonds. The number of nitrogens with one attached hydrogen (secondary N) is 1. The molecule has 16 heteroatoms. The molecular formula is C29H22ClF2N11O2. The van der Waals surface area contributed by atoms with Crippen LogP contribution in [0.25, 0.3) is 28.2 Å². The van der Waals surface area contributed by atoms with E-state index in [1.165, 1.54) is 40.0 Å². The minimum absolute atomic E-state index is 0.00137. The van der Waals surface area contributed by atoms with E-state index in [0.29, 0.717) is 45.9 Å². The molecule has 6 heterocycles.